The molecule has 0 aliphatic heterocycles. The van der Waals surface area contributed by atoms with Gasteiger partial charge in [0.25, 0.3) is 5.91 Å². The SMILES string of the molecule is CNC(=O)CSc1nc(-c2ccccc2)c(NC(=O)c2ccccc2OC(C)=O)s1. The molecule has 0 aliphatic rings. The lowest BCUT2D eigenvalue weighted by Crippen LogP contribution is -2.19. The monoisotopic (exact) mass is 441 g/mol. The highest BCUT2D eigenvalue weighted by Gasteiger charge is 2.19. The van der Waals surface area contributed by atoms with Crippen molar-refractivity contribution in [3.05, 3.63) is 60.2 Å². The second-order valence-corrected chi connectivity index (χ2v) is 8.25. The Morgan fingerprint density at radius 3 is 2.47 bits per heavy atom. The van der Waals surface area contributed by atoms with Crippen LogP contribution < -0.4 is 15.4 Å². The summed E-state index contributed by atoms with van der Waals surface area (Å²) in [6, 6.07) is 16.0. The van der Waals surface area contributed by atoms with Gasteiger partial charge in [-0.2, -0.15) is 0 Å². The second-order valence-electron chi connectivity index (χ2n) is 6.03. The van der Waals surface area contributed by atoms with Gasteiger partial charge in [-0.25, -0.2) is 4.98 Å². The van der Waals surface area contributed by atoms with Gasteiger partial charge in [0.05, 0.1) is 11.3 Å². The molecule has 0 spiro atoms. The van der Waals surface area contributed by atoms with Gasteiger partial charge in [-0.1, -0.05) is 65.6 Å². The Morgan fingerprint density at radius 2 is 1.77 bits per heavy atom. The number of ether oxygens (including phenoxy) is 1. The van der Waals surface area contributed by atoms with Crippen LogP contribution in [0.4, 0.5) is 5.00 Å². The Bertz CT molecular complexity index is 1070. The predicted molar refractivity (Wildman–Crippen MR) is 118 cm³/mol. The molecule has 1 heterocycles. The van der Waals surface area contributed by atoms with E-state index in [9.17, 15) is 14.4 Å². The Labute approximate surface area is 181 Å². The quantitative estimate of drug-likeness (QED) is 0.329. The van der Waals surface area contributed by atoms with E-state index >= 15 is 0 Å². The summed E-state index contributed by atoms with van der Waals surface area (Å²) in [5, 5.41) is 5.99. The Hall–Kier alpha value is -3.17. The van der Waals surface area contributed by atoms with Gasteiger partial charge in [0.15, 0.2) is 4.34 Å². The molecule has 3 aromatic rings. The van der Waals surface area contributed by atoms with E-state index in [4.69, 9.17) is 4.74 Å². The van der Waals surface area contributed by atoms with E-state index in [1.54, 1.807) is 31.3 Å². The number of amides is 2. The maximum atomic E-state index is 12.9. The van der Waals surface area contributed by atoms with Crippen molar-refractivity contribution in [2.45, 2.75) is 11.3 Å². The minimum absolute atomic E-state index is 0.114. The third kappa shape index (κ3) is 5.46. The van der Waals surface area contributed by atoms with E-state index in [1.807, 2.05) is 30.3 Å². The zero-order chi connectivity index (χ0) is 21.5. The van der Waals surface area contributed by atoms with Crippen LogP contribution in [0.25, 0.3) is 11.3 Å². The molecule has 30 heavy (non-hydrogen) atoms. The van der Waals surface area contributed by atoms with Crippen molar-refractivity contribution >= 4 is 45.9 Å². The van der Waals surface area contributed by atoms with Gasteiger partial charge in [-0.05, 0) is 12.1 Å². The molecule has 0 saturated heterocycles. The first-order valence-corrected chi connectivity index (χ1v) is 10.8. The van der Waals surface area contributed by atoms with E-state index < -0.39 is 11.9 Å². The number of anilines is 1. The lowest BCUT2D eigenvalue weighted by molar-refractivity contribution is -0.131. The number of nitrogens with one attached hydrogen (secondary N) is 2. The number of thioether (sulfide) groups is 1. The van der Waals surface area contributed by atoms with Gasteiger partial charge in [-0.15, -0.1) is 0 Å². The summed E-state index contributed by atoms with van der Waals surface area (Å²) in [5.74, 6) is -0.637. The van der Waals surface area contributed by atoms with Crippen molar-refractivity contribution in [3.8, 4) is 17.0 Å². The molecule has 1 aromatic heterocycles. The first kappa shape index (κ1) is 21.5. The molecule has 0 saturated carbocycles. The standard InChI is InChI=1S/C21H19N3O4S2/c1-13(25)28-16-11-7-6-10-15(16)19(27)24-20-18(14-8-4-3-5-9-14)23-21(30-20)29-12-17(26)22-2/h3-11H,12H2,1-2H3,(H,22,26)(H,24,27). The molecule has 0 bridgehead atoms. The van der Waals surface area contributed by atoms with Crippen LogP contribution in [0, 0.1) is 0 Å². The molecule has 0 fully saturated rings. The number of hydrogen-bond acceptors (Lipinski definition) is 7. The van der Waals surface area contributed by atoms with Crippen molar-refractivity contribution in [1.82, 2.24) is 10.3 Å². The maximum absolute atomic E-state index is 12.9. The Kier molecular flexibility index (Phi) is 7.21. The average molecular weight is 442 g/mol. The number of thiazole rings is 1. The van der Waals surface area contributed by atoms with Crippen molar-refractivity contribution in [2.24, 2.45) is 0 Å². The largest absolute Gasteiger partial charge is 0.426 e. The summed E-state index contributed by atoms with van der Waals surface area (Å²) in [7, 11) is 1.58. The minimum atomic E-state index is -0.508. The summed E-state index contributed by atoms with van der Waals surface area (Å²) < 4.78 is 5.79. The summed E-state index contributed by atoms with van der Waals surface area (Å²) in [5.41, 5.74) is 1.68. The summed E-state index contributed by atoms with van der Waals surface area (Å²) >= 11 is 2.57. The maximum Gasteiger partial charge on any atom is 0.308 e. The predicted octanol–water partition coefficient (Wildman–Crippen LogP) is 3.83. The highest BCUT2D eigenvalue weighted by molar-refractivity contribution is 8.01. The van der Waals surface area contributed by atoms with Crippen LogP contribution >= 0.6 is 23.1 Å². The molecule has 0 radical (unpaired) electrons. The molecule has 9 heteroatoms. The number of aromatic nitrogens is 1. The summed E-state index contributed by atoms with van der Waals surface area (Å²) in [6.07, 6.45) is 0. The fraction of sp³-hybridized carbons (Fsp3) is 0.143. The van der Waals surface area contributed by atoms with Gasteiger partial charge in [0, 0.05) is 19.5 Å². The van der Waals surface area contributed by atoms with Gasteiger partial charge >= 0.3 is 5.97 Å². The highest BCUT2D eigenvalue weighted by atomic mass is 32.2. The number of rotatable bonds is 7. The van der Waals surface area contributed by atoms with Crippen LogP contribution in [0.3, 0.4) is 0 Å². The van der Waals surface area contributed by atoms with Gasteiger partial charge in [0.1, 0.15) is 16.4 Å². The molecule has 2 N–H and O–H groups in total. The molecular weight excluding hydrogens is 422 g/mol. The first-order valence-electron chi connectivity index (χ1n) is 8.96. The van der Waals surface area contributed by atoms with Crippen molar-refractivity contribution < 1.29 is 19.1 Å². The Morgan fingerprint density at radius 1 is 1.07 bits per heavy atom. The zero-order valence-electron chi connectivity index (χ0n) is 16.3. The van der Waals surface area contributed by atoms with Crippen molar-refractivity contribution in [1.29, 1.82) is 0 Å². The first-order chi connectivity index (χ1) is 14.5. The van der Waals surface area contributed by atoms with Crippen LogP contribution in [0.2, 0.25) is 0 Å². The van der Waals surface area contributed by atoms with E-state index in [0.717, 1.165) is 5.56 Å². The summed E-state index contributed by atoms with van der Waals surface area (Å²) in [4.78, 5) is 40.4. The molecule has 154 valence electrons. The molecule has 2 aromatic carbocycles. The van der Waals surface area contributed by atoms with Crippen LogP contribution in [0.15, 0.2) is 58.9 Å². The fourth-order valence-corrected chi connectivity index (χ4v) is 4.44. The van der Waals surface area contributed by atoms with Crippen molar-refractivity contribution in [2.75, 3.05) is 18.1 Å². The van der Waals surface area contributed by atoms with E-state index in [2.05, 4.69) is 15.6 Å². The van der Waals surface area contributed by atoms with Crippen LogP contribution in [-0.4, -0.2) is 35.6 Å². The number of nitrogens with zero attached hydrogens (tertiary/aromatic N) is 1. The van der Waals surface area contributed by atoms with E-state index in [1.165, 1.54) is 30.0 Å². The topological polar surface area (TPSA) is 97.4 Å². The lowest BCUT2D eigenvalue weighted by atomic mass is 10.1. The van der Waals surface area contributed by atoms with Crippen LogP contribution in [0.5, 0.6) is 5.75 Å². The molecule has 0 aliphatic carbocycles. The van der Waals surface area contributed by atoms with Gasteiger partial charge < -0.3 is 15.4 Å². The normalized spacial score (nSPS) is 10.3. The third-order valence-electron chi connectivity index (χ3n) is 3.87. The number of hydrogen-bond donors (Lipinski definition) is 2. The van der Waals surface area contributed by atoms with E-state index in [-0.39, 0.29) is 23.0 Å². The van der Waals surface area contributed by atoms with E-state index in [0.29, 0.717) is 15.0 Å². The Balaban J connectivity index is 1.91. The van der Waals surface area contributed by atoms with Crippen molar-refractivity contribution in [3.63, 3.8) is 0 Å². The van der Waals surface area contributed by atoms with Crippen LogP contribution in [-0.2, 0) is 9.59 Å². The minimum Gasteiger partial charge on any atom is -0.426 e. The zero-order valence-corrected chi connectivity index (χ0v) is 17.9. The lowest BCUT2D eigenvalue weighted by Gasteiger charge is -2.09. The number of carbonyl (C=O) groups is 3. The molecule has 0 unspecified atom stereocenters. The molecule has 7 nitrogen and oxygen atoms in total. The van der Waals surface area contributed by atoms with Gasteiger partial charge in [0.2, 0.25) is 5.91 Å². The fourth-order valence-electron chi connectivity index (χ4n) is 2.51. The average Bonchev–Trinajstić information content (AvgIpc) is 3.15. The molecule has 3 rings (SSSR count). The molecular formula is C21H19N3O4S2. The van der Waals surface area contributed by atoms with Gasteiger partial charge in [-0.3, -0.25) is 14.4 Å². The smallest absolute Gasteiger partial charge is 0.308 e. The number of benzene rings is 2. The number of para-hydroxylation sites is 1. The summed E-state index contributed by atoms with van der Waals surface area (Å²) in [6.45, 7) is 1.28. The molecule has 2 amide bonds. The third-order valence-corrected chi connectivity index (χ3v) is 5.99. The number of carbonyl (C=O) groups excluding carboxylic acids is 3. The highest BCUT2D eigenvalue weighted by Crippen LogP contribution is 2.38. The number of esters is 1. The second kappa shape index (κ2) is 10.0. The van der Waals surface area contributed by atoms with Crippen LogP contribution in [0.1, 0.15) is 17.3 Å². The molecule has 0 atom stereocenters.